The first-order valence-corrected chi connectivity index (χ1v) is 53.8. The third kappa shape index (κ3) is 33.3. The van der Waals surface area contributed by atoms with E-state index in [1.807, 2.05) is 0 Å². The Hall–Kier alpha value is -10.4. The van der Waals surface area contributed by atoms with Gasteiger partial charge in [-0.25, -0.2) is 0 Å². The number of hydrogen-bond acceptors (Lipinski definition) is 0. The predicted octanol–water partition coefficient (Wildman–Crippen LogP) is 43.4. The lowest BCUT2D eigenvalue weighted by Crippen LogP contribution is -2.17. The Balaban J connectivity index is 0.000000202. The molecule has 0 heterocycles. The summed E-state index contributed by atoms with van der Waals surface area (Å²) in [7, 11) is 0. The summed E-state index contributed by atoms with van der Waals surface area (Å²) in [5.41, 5.74) is 31.1. The highest BCUT2D eigenvalue weighted by molar-refractivity contribution is 6.07. The van der Waals surface area contributed by atoms with Crippen LogP contribution in [0.5, 0.6) is 0 Å². The number of rotatable bonds is 2. The highest BCUT2D eigenvalue weighted by Crippen LogP contribution is 2.46. The molecule has 0 aliphatic rings. The Labute approximate surface area is 881 Å². The molecule has 0 heteroatoms. The zero-order valence-corrected chi connectivity index (χ0v) is 99.9. The quantitative estimate of drug-likeness (QED) is 0.151. The molecule has 15 aromatic rings. The van der Waals surface area contributed by atoms with Gasteiger partial charge in [-0.15, -0.1) is 0 Å². The maximum absolute atomic E-state index is 2.34. The van der Waals surface area contributed by atoms with E-state index in [9.17, 15) is 0 Å². The molecule has 15 rings (SSSR count). The van der Waals surface area contributed by atoms with Crippen molar-refractivity contribution in [2.75, 3.05) is 0 Å². The highest BCUT2D eigenvalue weighted by Gasteiger charge is 2.30. The molecule has 0 aliphatic heterocycles. The molecule has 0 aromatic heterocycles. The molecule has 0 fully saturated rings. The Morgan fingerprint density at radius 2 is 0.285 bits per heavy atom. The number of benzene rings is 15. The first-order chi connectivity index (χ1) is 65.5. The molecular weight excluding hydrogens is 1730 g/mol. The Morgan fingerprint density at radius 1 is 0.104 bits per heavy atom. The first-order valence-electron chi connectivity index (χ1n) is 53.8. The maximum atomic E-state index is 2.34. The summed E-state index contributed by atoms with van der Waals surface area (Å²) in [6.07, 6.45) is 0. The molecule has 144 heavy (non-hydrogen) atoms. The van der Waals surface area contributed by atoms with Crippen molar-refractivity contribution in [3.05, 3.63) is 392 Å². The van der Waals surface area contributed by atoms with E-state index in [4.69, 9.17) is 0 Å². The van der Waals surface area contributed by atoms with Crippen molar-refractivity contribution in [2.24, 2.45) is 0 Å². The molecule has 0 aliphatic carbocycles. The van der Waals surface area contributed by atoms with E-state index in [1.165, 1.54) is 165 Å². The lowest BCUT2D eigenvalue weighted by molar-refractivity contribution is 0.568. The van der Waals surface area contributed by atoms with Crippen LogP contribution in [0.2, 0.25) is 0 Å². The molecule has 770 valence electrons. The molecule has 0 saturated carbocycles. The van der Waals surface area contributed by atoms with Crippen molar-refractivity contribution in [3.63, 3.8) is 0 Å². The van der Waals surface area contributed by atoms with Gasteiger partial charge in [0, 0.05) is 0 Å². The molecule has 0 unspecified atom stereocenters. The molecule has 0 spiro atoms. The van der Waals surface area contributed by atoms with E-state index in [0.29, 0.717) is 0 Å². The van der Waals surface area contributed by atoms with Crippen LogP contribution in [0.3, 0.4) is 0 Å². The van der Waals surface area contributed by atoms with E-state index in [0.717, 1.165) is 0 Å². The third-order valence-electron chi connectivity index (χ3n) is 28.0. The molecule has 0 saturated heterocycles. The normalized spacial score (nSPS) is 12.9. The van der Waals surface area contributed by atoms with Crippen LogP contribution in [0.1, 0.15) is 421 Å². The molecule has 0 atom stereocenters. The fourth-order valence-corrected chi connectivity index (χ4v) is 18.3. The number of hydrogen-bond donors (Lipinski definition) is 0. The summed E-state index contributed by atoms with van der Waals surface area (Å²) >= 11 is 0. The monoisotopic (exact) mass is 1920 g/mol. The van der Waals surface area contributed by atoms with E-state index in [-0.39, 0.29) is 86.6 Å². The highest BCUT2D eigenvalue weighted by atomic mass is 14.3. The second kappa shape index (κ2) is 45.1. The minimum atomic E-state index is 0.121. The van der Waals surface area contributed by atoms with Gasteiger partial charge < -0.3 is 0 Å². The molecule has 0 bridgehead atoms. The first kappa shape index (κ1) is 119. The van der Waals surface area contributed by atoms with Crippen LogP contribution >= 0.6 is 0 Å². The molecule has 0 nitrogen and oxygen atoms in total. The summed E-state index contributed by atoms with van der Waals surface area (Å²) in [4.78, 5) is 0. The van der Waals surface area contributed by atoms with Crippen LogP contribution in [0.25, 0.3) is 76.1 Å². The maximum Gasteiger partial charge on any atom is -0.0120 e. The van der Waals surface area contributed by atoms with Crippen molar-refractivity contribution >= 4 is 53.9 Å². The Bertz CT molecular complexity index is 6300. The van der Waals surface area contributed by atoms with Crippen molar-refractivity contribution in [2.45, 2.75) is 419 Å². The predicted molar refractivity (Wildman–Crippen MR) is 649 cm³/mol. The van der Waals surface area contributed by atoms with Gasteiger partial charge in [-0.05, 0) is 252 Å². The van der Waals surface area contributed by atoms with Gasteiger partial charge in [0.1, 0.15) is 0 Å². The van der Waals surface area contributed by atoms with Crippen LogP contribution in [-0.2, 0) is 86.6 Å². The van der Waals surface area contributed by atoms with Gasteiger partial charge in [-0.2, -0.15) is 0 Å². The average molecular weight is 1930 g/mol. The molecular formula is C144H194. The minimum Gasteiger partial charge on any atom is -0.0617 e. The summed E-state index contributed by atoms with van der Waals surface area (Å²) in [5.74, 6) is 0. The van der Waals surface area contributed by atoms with Crippen molar-refractivity contribution < 1.29 is 0 Å². The number of fused-ring (bicyclic) bond motifs is 5. The van der Waals surface area contributed by atoms with Gasteiger partial charge in [-0.1, -0.05) is 636 Å². The van der Waals surface area contributed by atoms with E-state index < -0.39 is 0 Å². The van der Waals surface area contributed by atoms with Gasteiger partial charge in [0.25, 0.3) is 0 Å². The largest absolute Gasteiger partial charge is 0.0617 e. The SMILES string of the molecule is CC(C)(C)c1c2ccccc2c(C(C)(C)C)c2ccccc12.CC(C)(C)c1ccc(-c2ccc(C(C)(C)C)cc2)cc1.CC(C)(C)c1ccc(-c2cccc(C(C)(C)C)c2)cc1.CC(C)(C)c1ccc(C(C)(C)C)c2ccccc12.CC(C)(C)c1ccc(C(C)(C)C)cc1.CC(C)(C)c1ccc2cc(C(C)(C)C)ccc2c1.CC(C)(C)c1ccc2ccc(C(C)(C)C)cc2c1.CC(C)(C)c1cccc(C(C)(C)C)c1. The van der Waals surface area contributed by atoms with Crippen molar-refractivity contribution in [3.8, 4) is 22.3 Å². The van der Waals surface area contributed by atoms with Crippen LogP contribution in [-0.4, -0.2) is 0 Å². The summed E-state index contributed by atoms with van der Waals surface area (Å²) in [6.45, 7) is 109. The summed E-state index contributed by atoms with van der Waals surface area (Å²) in [6, 6.07) is 112. The van der Waals surface area contributed by atoms with E-state index >= 15 is 0 Å². The fraction of sp³-hybridized carbons (Fsp3) is 0.444. The lowest BCUT2D eigenvalue weighted by Gasteiger charge is -2.30. The van der Waals surface area contributed by atoms with Crippen molar-refractivity contribution in [1.29, 1.82) is 0 Å². The topological polar surface area (TPSA) is 0 Å². The molecule has 15 aromatic carbocycles. The van der Waals surface area contributed by atoms with Gasteiger partial charge >= 0.3 is 0 Å². The third-order valence-corrected chi connectivity index (χ3v) is 28.0. The summed E-state index contributed by atoms with van der Waals surface area (Å²) in [5, 5.41) is 13.8. The smallest absolute Gasteiger partial charge is 0.0120 e. The standard InChI is InChI=1S/C22H26.2C20H26.3C18H24.2C14H22/c1-21(2,3)19-15-11-7-9-13-17(15)20(22(4,5)6)18-14-10-8-12-16(18)19;1-19(2,3)17-11-7-15(8-12-17)16-9-13-18(14-10-16)20(4,5)6;1-19(2,3)17-12-10-15(11-13-17)16-8-7-9-18(14-16)20(4,5)6;1-17(2,3)15-9-7-14-12-16(18(4,5)6)10-8-13(14)11-15;1-17(2,3)15-9-7-13-8-10-16(18(4,5)6)12-14(13)11-15;1-17(2,3)15-11-12-16(18(4,5)6)14-10-8-7-9-13(14)15;1-13(2,3)11-7-9-12(10-8-11)14(4,5)6;1-13(2,3)11-8-7-9-12(10-11)14(4,5)6/h7-14H,1-6H3;2*7-14H,1-6H3;3*7-12H,1-6H3;2*7-10H,1-6H3. The van der Waals surface area contributed by atoms with Crippen LogP contribution in [0.4, 0.5) is 0 Å². The van der Waals surface area contributed by atoms with Gasteiger partial charge in [0.2, 0.25) is 0 Å². The van der Waals surface area contributed by atoms with Gasteiger partial charge in [0.15, 0.2) is 0 Å². The van der Waals surface area contributed by atoms with Crippen LogP contribution < -0.4 is 0 Å². The molecule has 0 amide bonds. The summed E-state index contributed by atoms with van der Waals surface area (Å²) < 4.78 is 0. The zero-order valence-electron chi connectivity index (χ0n) is 99.9. The van der Waals surface area contributed by atoms with Gasteiger partial charge in [0.05, 0.1) is 0 Å². The Kier molecular flexibility index (Phi) is 37.2. The van der Waals surface area contributed by atoms with E-state index in [1.54, 1.807) is 0 Å². The Morgan fingerprint density at radius 3 is 0.507 bits per heavy atom. The van der Waals surface area contributed by atoms with E-state index in [2.05, 4.69) is 636 Å². The second-order valence-electron chi connectivity index (χ2n) is 57.6. The van der Waals surface area contributed by atoms with Gasteiger partial charge in [-0.3, -0.25) is 0 Å². The molecule has 0 N–H and O–H groups in total. The minimum absolute atomic E-state index is 0.121. The van der Waals surface area contributed by atoms with Crippen LogP contribution in [0, 0.1) is 0 Å². The van der Waals surface area contributed by atoms with Crippen LogP contribution in [0.15, 0.2) is 303 Å². The lowest BCUT2D eigenvalue weighted by atomic mass is 9.74. The molecule has 0 radical (unpaired) electrons. The average Bonchev–Trinajstić information content (AvgIpc) is 0.726. The van der Waals surface area contributed by atoms with Crippen molar-refractivity contribution in [1.82, 2.24) is 0 Å². The second-order valence-corrected chi connectivity index (χ2v) is 57.6. The zero-order chi connectivity index (χ0) is 109. The fourth-order valence-electron chi connectivity index (χ4n) is 18.3.